The fourth-order valence-electron chi connectivity index (χ4n) is 9.80. The number of hydrogen-bond donors (Lipinski definition) is 2. The standard InChI is InChI=1S/C31H48N2O3/c1-19(5-12-29(34)35-4)24-9-10-25-23-8-6-20-17-22(36-28-11-7-21(32)18-27(28)33)13-15-30(20,2)26(23)14-16-31(24,25)3/h7,11,18-20,22-26H,5-6,8-10,12-17,32-33H2,1-4H3/t19-,20?,22?,23+,24-,25+,26+,30+,31-/m1/s1. The van der Waals surface area contributed by atoms with Gasteiger partial charge < -0.3 is 20.9 Å². The van der Waals surface area contributed by atoms with E-state index in [0.29, 0.717) is 34.5 Å². The summed E-state index contributed by atoms with van der Waals surface area (Å²) >= 11 is 0. The van der Waals surface area contributed by atoms with E-state index in [2.05, 4.69) is 20.8 Å². The molecule has 0 spiro atoms. The van der Waals surface area contributed by atoms with Gasteiger partial charge in [-0.2, -0.15) is 0 Å². The Labute approximate surface area is 218 Å². The first-order valence-electron chi connectivity index (χ1n) is 14.5. The summed E-state index contributed by atoms with van der Waals surface area (Å²) in [6, 6.07) is 5.62. The predicted octanol–water partition coefficient (Wildman–Crippen LogP) is 6.85. The van der Waals surface area contributed by atoms with Gasteiger partial charge in [0, 0.05) is 12.1 Å². The number of methoxy groups -OCH3 is 1. The summed E-state index contributed by atoms with van der Waals surface area (Å²) in [6.07, 6.45) is 13.5. The lowest BCUT2D eigenvalue weighted by molar-refractivity contribution is -0.141. The molecule has 9 atom stereocenters. The van der Waals surface area contributed by atoms with Crippen LogP contribution in [0.25, 0.3) is 0 Å². The summed E-state index contributed by atoms with van der Waals surface area (Å²) in [7, 11) is 1.51. The lowest BCUT2D eigenvalue weighted by atomic mass is 9.44. The van der Waals surface area contributed by atoms with Crippen LogP contribution in [0.2, 0.25) is 0 Å². The third-order valence-electron chi connectivity index (χ3n) is 11.7. The highest BCUT2D eigenvalue weighted by molar-refractivity contribution is 5.69. The lowest BCUT2D eigenvalue weighted by Crippen LogP contribution is -2.54. The van der Waals surface area contributed by atoms with Gasteiger partial charge in [0.1, 0.15) is 5.75 Å². The van der Waals surface area contributed by atoms with Crippen molar-refractivity contribution < 1.29 is 14.3 Å². The minimum absolute atomic E-state index is 0.0600. The van der Waals surface area contributed by atoms with Crippen LogP contribution in [0.15, 0.2) is 18.2 Å². The molecule has 0 heterocycles. The number of rotatable bonds is 6. The third kappa shape index (κ3) is 4.39. The summed E-state index contributed by atoms with van der Waals surface area (Å²) in [4.78, 5) is 11.8. The zero-order valence-corrected chi connectivity index (χ0v) is 22.9. The number of nitrogens with two attached hydrogens (primary N) is 2. The number of benzene rings is 1. The maximum absolute atomic E-state index is 11.8. The third-order valence-corrected chi connectivity index (χ3v) is 11.7. The normalized spacial score (nSPS) is 40.4. The second kappa shape index (κ2) is 9.76. The topological polar surface area (TPSA) is 87.6 Å². The summed E-state index contributed by atoms with van der Waals surface area (Å²) in [5.41, 5.74) is 14.3. The average molecular weight is 497 g/mol. The van der Waals surface area contributed by atoms with Crippen molar-refractivity contribution in [2.45, 2.75) is 97.5 Å². The molecule has 0 saturated heterocycles. The number of ether oxygens (including phenoxy) is 2. The highest BCUT2D eigenvalue weighted by Crippen LogP contribution is 2.68. The second-order valence-corrected chi connectivity index (χ2v) is 13.3. The van der Waals surface area contributed by atoms with Gasteiger partial charge in [0.05, 0.1) is 18.9 Å². The fraction of sp³-hybridized carbons (Fsp3) is 0.774. The van der Waals surface area contributed by atoms with Gasteiger partial charge in [-0.1, -0.05) is 20.8 Å². The number of fused-ring (bicyclic) bond motifs is 5. The van der Waals surface area contributed by atoms with E-state index in [-0.39, 0.29) is 12.1 Å². The van der Waals surface area contributed by atoms with Crippen LogP contribution in [-0.2, 0) is 9.53 Å². The smallest absolute Gasteiger partial charge is 0.305 e. The molecule has 0 aliphatic heterocycles. The lowest BCUT2D eigenvalue weighted by Gasteiger charge is -2.61. The van der Waals surface area contributed by atoms with Crippen molar-refractivity contribution in [3.63, 3.8) is 0 Å². The number of esters is 1. The highest BCUT2D eigenvalue weighted by atomic mass is 16.5. The molecule has 0 radical (unpaired) electrons. The number of anilines is 2. The molecule has 5 nitrogen and oxygen atoms in total. The SMILES string of the molecule is COC(=O)CC[C@@H](C)[C@H]1CC[C@H]2[C@@H]3CCC4CC(Oc5ccc(N)cc5N)CC[C@]4(C)[C@H]3CC[C@]12C. The van der Waals surface area contributed by atoms with Crippen molar-refractivity contribution >= 4 is 17.3 Å². The van der Waals surface area contributed by atoms with Gasteiger partial charge in [0.15, 0.2) is 0 Å². The molecular weight excluding hydrogens is 448 g/mol. The quantitative estimate of drug-likeness (QED) is 0.332. The van der Waals surface area contributed by atoms with Gasteiger partial charge in [0.2, 0.25) is 0 Å². The van der Waals surface area contributed by atoms with Crippen molar-refractivity contribution in [2.24, 2.45) is 46.3 Å². The minimum Gasteiger partial charge on any atom is -0.488 e. The molecule has 0 amide bonds. The van der Waals surface area contributed by atoms with Crippen LogP contribution in [0.3, 0.4) is 0 Å². The van der Waals surface area contributed by atoms with Crippen LogP contribution in [0.1, 0.15) is 91.4 Å². The molecule has 1 aromatic carbocycles. The van der Waals surface area contributed by atoms with Crippen LogP contribution >= 0.6 is 0 Å². The van der Waals surface area contributed by atoms with Gasteiger partial charge in [-0.05, 0) is 129 Å². The van der Waals surface area contributed by atoms with Crippen LogP contribution in [-0.4, -0.2) is 19.2 Å². The molecule has 4 fully saturated rings. The molecule has 2 unspecified atom stereocenters. The zero-order chi connectivity index (χ0) is 25.7. The summed E-state index contributed by atoms with van der Waals surface area (Å²) < 4.78 is 11.4. The van der Waals surface area contributed by atoms with E-state index >= 15 is 0 Å². The average Bonchev–Trinajstić information content (AvgIpc) is 3.21. The zero-order valence-electron chi connectivity index (χ0n) is 22.9. The molecule has 36 heavy (non-hydrogen) atoms. The first kappa shape index (κ1) is 25.7. The van der Waals surface area contributed by atoms with E-state index in [9.17, 15) is 4.79 Å². The maximum atomic E-state index is 11.8. The molecule has 4 aliphatic carbocycles. The van der Waals surface area contributed by atoms with Gasteiger partial charge in [0.25, 0.3) is 0 Å². The Morgan fingerprint density at radius 1 is 1.03 bits per heavy atom. The minimum atomic E-state index is -0.0600. The highest BCUT2D eigenvalue weighted by Gasteiger charge is 2.60. The fourth-order valence-corrected chi connectivity index (χ4v) is 9.80. The second-order valence-electron chi connectivity index (χ2n) is 13.3. The molecule has 4 aliphatic rings. The van der Waals surface area contributed by atoms with Crippen molar-refractivity contribution in [1.29, 1.82) is 0 Å². The maximum Gasteiger partial charge on any atom is 0.305 e. The number of hydrogen-bond acceptors (Lipinski definition) is 5. The molecule has 5 heteroatoms. The van der Waals surface area contributed by atoms with Gasteiger partial charge in [-0.3, -0.25) is 4.79 Å². The van der Waals surface area contributed by atoms with E-state index < -0.39 is 0 Å². The van der Waals surface area contributed by atoms with E-state index in [4.69, 9.17) is 20.9 Å². The summed E-state index contributed by atoms with van der Waals surface area (Å²) in [5, 5.41) is 0. The van der Waals surface area contributed by atoms with E-state index in [1.54, 1.807) is 6.07 Å². The molecule has 5 rings (SSSR count). The van der Waals surface area contributed by atoms with Crippen molar-refractivity contribution in [1.82, 2.24) is 0 Å². The molecule has 4 N–H and O–H groups in total. The number of carbonyl (C=O) groups excluding carboxylic acids is 1. The van der Waals surface area contributed by atoms with E-state index in [1.165, 1.54) is 52.1 Å². The largest absolute Gasteiger partial charge is 0.488 e. The monoisotopic (exact) mass is 496 g/mol. The van der Waals surface area contributed by atoms with Gasteiger partial charge in [-0.15, -0.1) is 0 Å². The Hall–Kier alpha value is -1.91. The molecular formula is C31H48N2O3. The van der Waals surface area contributed by atoms with E-state index in [0.717, 1.165) is 54.6 Å². The Balaban J connectivity index is 1.25. The Bertz CT molecular complexity index is 965. The van der Waals surface area contributed by atoms with Crippen molar-refractivity contribution in [2.75, 3.05) is 18.6 Å². The van der Waals surface area contributed by atoms with Crippen molar-refractivity contribution in [3.05, 3.63) is 18.2 Å². The summed E-state index contributed by atoms with van der Waals surface area (Å²) in [6.45, 7) is 7.62. The molecule has 0 bridgehead atoms. The molecule has 200 valence electrons. The van der Waals surface area contributed by atoms with Crippen LogP contribution < -0.4 is 16.2 Å². The Kier molecular flexibility index (Phi) is 6.97. The Morgan fingerprint density at radius 3 is 2.53 bits per heavy atom. The Morgan fingerprint density at radius 2 is 1.78 bits per heavy atom. The molecule has 1 aromatic rings. The molecule has 0 aromatic heterocycles. The van der Waals surface area contributed by atoms with Crippen LogP contribution in [0.5, 0.6) is 5.75 Å². The van der Waals surface area contributed by atoms with Gasteiger partial charge in [-0.25, -0.2) is 0 Å². The first-order chi connectivity index (χ1) is 17.2. The van der Waals surface area contributed by atoms with Crippen LogP contribution in [0, 0.1) is 46.3 Å². The predicted molar refractivity (Wildman–Crippen MR) is 145 cm³/mol. The summed E-state index contributed by atoms with van der Waals surface area (Å²) in [5.74, 6) is 5.38. The number of carbonyl (C=O) groups is 1. The van der Waals surface area contributed by atoms with Crippen LogP contribution in [0.4, 0.5) is 11.4 Å². The number of nitrogen functional groups attached to an aromatic ring is 2. The van der Waals surface area contributed by atoms with E-state index in [1.807, 2.05) is 12.1 Å². The van der Waals surface area contributed by atoms with Gasteiger partial charge >= 0.3 is 5.97 Å². The first-order valence-corrected chi connectivity index (χ1v) is 14.5. The van der Waals surface area contributed by atoms with Crippen molar-refractivity contribution in [3.8, 4) is 5.75 Å². The molecule has 4 saturated carbocycles.